The molecule has 0 bridgehead atoms. The van der Waals surface area contributed by atoms with Crippen molar-refractivity contribution in [2.24, 2.45) is 4.99 Å². The van der Waals surface area contributed by atoms with Gasteiger partial charge in [0, 0.05) is 7.05 Å². The van der Waals surface area contributed by atoms with Crippen LogP contribution in [0.2, 0.25) is 0 Å². The van der Waals surface area contributed by atoms with Gasteiger partial charge in [-0.05, 0) is 59.8 Å². The highest BCUT2D eigenvalue weighted by atomic mass is 32.2. The van der Waals surface area contributed by atoms with Crippen molar-refractivity contribution < 1.29 is 19.4 Å². The highest BCUT2D eigenvalue weighted by molar-refractivity contribution is 8.18. The van der Waals surface area contributed by atoms with Crippen molar-refractivity contribution >= 4 is 40.6 Å². The van der Waals surface area contributed by atoms with Crippen LogP contribution in [0.15, 0.2) is 58.4 Å². The van der Waals surface area contributed by atoms with Gasteiger partial charge >= 0.3 is 5.97 Å². The number of benzene rings is 2. The molecule has 1 heterocycles. The third kappa shape index (κ3) is 3.78. The Hall–Kier alpha value is -3.06. The molecule has 1 amide bonds. The van der Waals surface area contributed by atoms with Crippen LogP contribution >= 0.6 is 11.8 Å². The van der Waals surface area contributed by atoms with Gasteiger partial charge in [-0.25, -0.2) is 9.79 Å². The number of amides is 1. The molecule has 6 nitrogen and oxygen atoms in total. The second-order valence-electron chi connectivity index (χ2n) is 5.50. The summed E-state index contributed by atoms with van der Waals surface area (Å²) in [5.74, 6) is -0.412. The van der Waals surface area contributed by atoms with Crippen LogP contribution in [0.25, 0.3) is 6.08 Å². The van der Waals surface area contributed by atoms with E-state index in [0.717, 1.165) is 11.3 Å². The van der Waals surface area contributed by atoms with Gasteiger partial charge in [-0.2, -0.15) is 0 Å². The molecule has 0 radical (unpaired) electrons. The molecule has 132 valence electrons. The SMILES string of the molecule is COc1cccc(/C=C2/SC(=Nc3ccc(C(=O)O)cc3)N(C)C2=O)c1. The summed E-state index contributed by atoms with van der Waals surface area (Å²) in [5, 5.41) is 9.47. The van der Waals surface area contributed by atoms with Crippen molar-refractivity contribution in [1.29, 1.82) is 0 Å². The number of likely N-dealkylation sites (N-methyl/N-ethyl adjacent to an activating group) is 1. The molecule has 26 heavy (non-hydrogen) atoms. The quantitative estimate of drug-likeness (QED) is 0.834. The Bertz CT molecular complexity index is 919. The molecule has 0 aromatic heterocycles. The van der Waals surface area contributed by atoms with Crippen molar-refractivity contribution in [3.05, 3.63) is 64.6 Å². The fourth-order valence-corrected chi connectivity index (χ4v) is 3.31. The van der Waals surface area contributed by atoms with E-state index in [-0.39, 0.29) is 11.5 Å². The monoisotopic (exact) mass is 368 g/mol. The summed E-state index contributed by atoms with van der Waals surface area (Å²) < 4.78 is 5.20. The molecule has 2 aromatic rings. The number of methoxy groups -OCH3 is 1. The van der Waals surface area contributed by atoms with E-state index in [9.17, 15) is 9.59 Å². The van der Waals surface area contributed by atoms with Crippen molar-refractivity contribution in [3.8, 4) is 5.75 Å². The number of carbonyl (C=O) groups is 2. The number of aromatic carboxylic acids is 1. The summed E-state index contributed by atoms with van der Waals surface area (Å²) in [4.78, 5) is 29.8. The number of carboxylic acids is 1. The molecular weight excluding hydrogens is 352 g/mol. The van der Waals surface area contributed by atoms with Crippen molar-refractivity contribution in [2.75, 3.05) is 14.2 Å². The lowest BCUT2D eigenvalue weighted by Gasteiger charge is -2.07. The number of carbonyl (C=O) groups excluding carboxylic acids is 1. The van der Waals surface area contributed by atoms with Crippen LogP contribution in [0.4, 0.5) is 5.69 Å². The summed E-state index contributed by atoms with van der Waals surface area (Å²) in [6.45, 7) is 0. The normalized spacial score (nSPS) is 17.2. The largest absolute Gasteiger partial charge is 0.497 e. The lowest BCUT2D eigenvalue weighted by atomic mass is 10.2. The zero-order valence-corrected chi connectivity index (χ0v) is 15.0. The van der Waals surface area contributed by atoms with E-state index in [1.54, 1.807) is 32.4 Å². The van der Waals surface area contributed by atoms with Gasteiger partial charge in [0.25, 0.3) is 5.91 Å². The highest BCUT2D eigenvalue weighted by Gasteiger charge is 2.30. The summed E-state index contributed by atoms with van der Waals surface area (Å²) in [6, 6.07) is 13.6. The second-order valence-corrected chi connectivity index (χ2v) is 6.51. The van der Waals surface area contributed by atoms with Gasteiger partial charge in [-0.3, -0.25) is 9.69 Å². The lowest BCUT2D eigenvalue weighted by molar-refractivity contribution is -0.121. The van der Waals surface area contributed by atoms with Gasteiger partial charge in [0.1, 0.15) is 5.75 Å². The molecule has 2 aromatic carbocycles. The maximum Gasteiger partial charge on any atom is 0.335 e. The van der Waals surface area contributed by atoms with Crippen molar-refractivity contribution in [2.45, 2.75) is 0 Å². The van der Waals surface area contributed by atoms with Crippen molar-refractivity contribution in [1.82, 2.24) is 4.90 Å². The molecule has 1 saturated heterocycles. The standard InChI is InChI=1S/C19H16N2O4S/c1-21-17(22)16(11-12-4-3-5-15(10-12)25-2)26-19(21)20-14-8-6-13(7-9-14)18(23)24/h3-11H,1-2H3,(H,23,24)/b16-11+,20-19?. The Morgan fingerprint density at radius 3 is 2.62 bits per heavy atom. The van der Waals surface area contributed by atoms with Crippen LogP contribution < -0.4 is 4.74 Å². The zero-order chi connectivity index (χ0) is 18.7. The Morgan fingerprint density at radius 2 is 1.96 bits per heavy atom. The first-order valence-electron chi connectivity index (χ1n) is 7.71. The van der Waals surface area contributed by atoms with Gasteiger partial charge in [0.15, 0.2) is 5.17 Å². The Kier molecular flexibility index (Phi) is 5.09. The molecule has 3 rings (SSSR count). The fraction of sp³-hybridized carbons (Fsp3) is 0.105. The molecule has 1 fully saturated rings. The van der Waals surface area contributed by atoms with E-state index in [2.05, 4.69) is 4.99 Å². The van der Waals surface area contributed by atoms with Gasteiger partial charge in [-0.15, -0.1) is 0 Å². The molecule has 7 heteroatoms. The van der Waals surface area contributed by atoms with E-state index in [0.29, 0.717) is 15.8 Å². The van der Waals surface area contributed by atoms with Gasteiger partial charge in [0.2, 0.25) is 0 Å². The molecule has 0 saturated carbocycles. The minimum Gasteiger partial charge on any atom is -0.497 e. The zero-order valence-electron chi connectivity index (χ0n) is 14.2. The predicted octanol–water partition coefficient (Wildman–Crippen LogP) is 3.63. The maximum atomic E-state index is 12.5. The van der Waals surface area contributed by atoms with Crippen LogP contribution in [0.1, 0.15) is 15.9 Å². The first kappa shape index (κ1) is 17.8. The molecule has 1 N–H and O–H groups in total. The molecule has 1 aliphatic rings. The number of hydrogen-bond donors (Lipinski definition) is 1. The number of nitrogens with zero attached hydrogens (tertiary/aromatic N) is 2. The topological polar surface area (TPSA) is 79.2 Å². The number of rotatable bonds is 4. The van der Waals surface area contributed by atoms with Gasteiger partial charge in [-0.1, -0.05) is 12.1 Å². The Morgan fingerprint density at radius 1 is 1.23 bits per heavy atom. The van der Waals surface area contributed by atoms with E-state index in [1.807, 2.05) is 24.3 Å². The minimum atomic E-state index is -0.991. The summed E-state index contributed by atoms with van der Waals surface area (Å²) >= 11 is 1.27. The predicted molar refractivity (Wildman–Crippen MR) is 102 cm³/mol. The average molecular weight is 368 g/mol. The average Bonchev–Trinajstić information content (AvgIpc) is 2.90. The number of amidine groups is 1. The molecule has 0 aliphatic carbocycles. The summed E-state index contributed by atoms with van der Waals surface area (Å²) in [6.07, 6.45) is 1.79. The first-order valence-corrected chi connectivity index (χ1v) is 8.53. The van der Waals surface area contributed by atoms with Crippen LogP contribution in [-0.2, 0) is 4.79 Å². The number of aliphatic imine (C=N–C) groups is 1. The van der Waals surface area contributed by atoms with Crippen LogP contribution in [-0.4, -0.2) is 41.2 Å². The molecule has 0 unspecified atom stereocenters. The minimum absolute atomic E-state index is 0.140. The maximum absolute atomic E-state index is 12.5. The van der Waals surface area contributed by atoms with E-state index >= 15 is 0 Å². The number of hydrogen-bond acceptors (Lipinski definition) is 5. The summed E-state index contributed by atoms with van der Waals surface area (Å²) in [5.41, 5.74) is 1.64. The number of thioether (sulfide) groups is 1. The Labute approximate surface area is 154 Å². The van der Waals surface area contributed by atoms with E-state index in [4.69, 9.17) is 9.84 Å². The van der Waals surface area contributed by atoms with Crippen LogP contribution in [0.5, 0.6) is 5.75 Å². The molecule has 0 atom stereocenters. The second kappa shape index (κ2) is 7.45. The molecular formula is C19H16N2O4S. The first-order chi connectivity index (χ1) is 12.5. The molecule has 0 spiro atoms. The number of ether oxygens (including phenoxy) is 1. The van der Waals surface area contributed by atoms with Crippen LogP contribution in [0.3, 0.4) is 0 Å². The van der Waals surface area contributed by atoms with E-state index < -0.39 is 5.97 Å². The Balaban J connectivity index is 1.85. The van der Waals surface area contributed by atoms with Crippen molar-refractivity contribution in [3.63, 3.8) is 0 Å². The smallest absolute Gasteiger partial charge is 0.335 e. The third-order valence-corrected chi connectivity index (χ3v) is 4.79. The number of carboxylic acid groups (broad SMARTS) is 1. The van der Waals surface area contributed by atoms with Gasteiger partial charge < -0.3 is 9.84 Å². The summed E-state index contributed by atoms with van der Waals surface area (Å²) in [7, 11) is 3.25. The van der Waals surface area contributed by atoms with Gasteiger partial charge in [0.05, 0.1) is 23.3 Å². The highest BCUT2D eigenvalue weighted by Crippen LogP contribution is 2.33. The lowest BCUT2D eigenvalue weighted by Crippen LogP contribution is -2.23. The molecule has 1 aliphatic heterocycles. The fourth-order valence-electron chi connectivity index (χ4n) is 2.32. The third-order valence-electron chi connectivity index (χ3n) is 3.73. The van der Waals surface area contributed by atoms with Crippen LogP contribution in [0, 0.1) is 0 Å². The van der Waals surface area contributed by atoms with E-state index in [1.165, 1.54) is 28.8 Å².